The Hall–Kier alpha value is -2.57. The minimum atomic E-state index is -0.807. The van der Waals surface area contributed by atoms with Gasteiger partial charge in [-0.05, 0) is 83.4 Å². The summed E-state index contributed by atoms with van der Waals surface area (Å²) in [6.07, 6.45) is 8.01. The third-order valence-corrected chi connectivity index (χ3v) is 7.34. The molecule has 0 aliphatic rings. The summed E-state index contributed by atoms with van der Waals surface area (Å²) < 4.78 is 5.52. The summed E-state index contributed by atoms with van der Waals surface area (Å²) in [5, 5.41) is 6.04. The monoisotopic (exact) mass is 573 g/mol. The normalized spacial score (nSPS) is 13.8. The number of hydrogen-bond donors (Lipinski definition) is 2. The number of rotatable bonds is 17. The van der Waals surface area contributed by atoms with E-state index in [9.17, 15) is 14.4 Å². The fourth-order valence-corrected chi connectivity index (χ4v) is 5.12. The van der Waals surface area contributed by atoms with Crippen molar-refractivity contribution in [1.29, 1.82) is 0 Å². The number of amides is 3. The average Bonchev–Trinajstić information content (AvgIpc) is 2.85. The zero-order valence-electron chi connectivity index (χ0n) is 27.7. The molecule has 0 aliphatic heterocycles. The predicted octanol–water partition coefficient (Wildman–Crippen LogP) is 7.78. The third-order valence-electron chi connectivity index (χ3n) is 7.34. The largest absolute Gasteiger partial charge is 0.444 e. The average molecular weight is 574 g/mol. The van der Waals surface area contributed by atoms with Crippen LogP contribution >= 0.6 is 0 Å². The van der Waals surface area contributed by atoms with Gasteiger partial charge in [0.05, 0.1) is 0 Å². The van der Waals surface area contributed by atoms with Crippen LogP contribution in [0.3, 0.4) is 0 Å². The maximum atomic E-state index is 14.4. The lowest BCUT2D eigenvalue weighted by Crippen LogP contribution is -2.54. The molecule has 0 spiro atoms. The van der Waals surface area contributed by atoms with Gasteiger partial charge in [0, 0.05) is 12.6 Å². The first-order valence-corrected chi connectivity index (χ1v) is 15.9. The maximum Gasteiger partial charge on any atom is 0.408 e. The van der Waals surface area contributed by atoms with Gasteiger partial charge in [-0.15, -0.1) is 0 Å². The zero-order chi connectivity index (χ0) is 31.2. The van der Waals surface area contributed by atoms with Crippen LogP contribution in [0.2, 0.25) is 0 Å². The van der Waals surface area contributed by atoms with Crippen LogP contribution in [0.4, 0.5) is 4.79 Å². The van der Waals surface area contributed by atoms with E-state index in [4.69, 9.17) is 4.74 Å². The summed E-state index contributed by atoms with van der Waals surface area (Å²) in [6, 6.07) is 4.31. The zero-order valence-corrected chi connectivity index (χ0v) is 27.7. The molecule has 0 aliphatic carbocycles. The van der Waals surface area contributed by atoms with Crippen LogP contribution in [0.1, 0.15) is 136 Å². The van der Waals surface area contributed by atoms with E-state index in [0.717, 1.165) is 55.2 Å². The second-order valence-corrected chi connectivity index (χ2v) is 13.0. The SMILES string of the molecule is CCCCCCCCN(C(=O)C(CC(C)C)NC(=O)OC(C)(C)C)C(C(=O)NC(C)CCC)c1cccc(C)c1C. The number of nitrogens with one attached hydrogen (secondary N) is 2. The summed E-state index contributed by atoms with van der Waals surface area (Å²) in [4.78, 5) is 43.1. The van der Waals surface area contributed by atoms with Gasteiger partial charge in [0.2, 0.25) is 11.8 Å². The first-order chi connectivity index (χ1) is 19.2. The molecule has 1 aromatic carbocycles. The molecule has 2 N–H and O–H groups in total. The molecule has 1 rings (SSSR count). The molecule has 41 heavy (non-hydrogen) atoms. The molecule has 0 saturated carbocycles. The highest BCUT2D eigenvalue weighted by molar-refractivity contribution is 5.92. The number of nitrogens with zero attached hydrogens (tertiary/aromatic N) is 1. The molecule has 7 heteroatoms. The molecular weight excluding hydrogens is 514 g/mol. The van der Waals surface area contributed by atoms with Crippen LogP contribution in [-0.2, 0) is 14.3 Å². The highest BCUT2D eigenvalue weighted by Gasteiger charge is 2.37. The van der Waals surface area contributed by atoms with Crippen molar-refractivity contribution >= 4 is 17.9 Å². The van der Waals surface area contributed by atoms with Crippen molar-refractivity contribution < 1.29 is 19.1 Å². The van der Waals surface area contributed by atoms with Crippen LogP contribution in [0.25, 0.3) is 0 Å². The molecule has 234 valence electrons. The Labute approximate surface area is 250 Å². The van der Waals surface area contributed by atoms with E-state index >= 15 is 0 Å². The highest BCUT2D eigenvalue weighted by atomic mass is 16.6. The molecule has 7 nitrogen and oxygen atoms in total. The van der Waals surface area contributed by atoms with Crippen LogP contribution in [0, 0.1) is 19.8 Å². The number of carbonyl (C=O) groups excluding carboxylic acids is 3. The smallest absolute Gasteiger partial charge is 0.408 e. The Morgan fingerprint density at radius 2 is 1.54 bits per heavy atom. The quantitative estimate of drug-likeness (QED) is 0.186. The topological polar surface area (TPSA) is 87.7 Å². The lowest BCUT2D eigenvalue weighted by atomic mass is 9.93. The Morgan fingerprint density at radius 1 is 0.902 bits per heavy atom. The van der Waals surface area contributed by atoms with Crippen LogP contribution in [0.15, 0.2) is 18.2 Å². The number of unbranched alkanes of at least 4 members (excludes halogenated alkanes) is 5. The van der Waals surface area contributed by atoms with E-state index in [2.05, 4.69) is 24.5 Å². The predicted molar refractivity (Wildman–Crippen MR) is 169 cm³/mol. The second-order valence-electron chi connectivity index (χ2n) is 13.0. The lowest BCUT2D eigenvalue weighted by Gasteiger charge is -2.36. The van der Waals surface area contributed by atoms with Crippen LogP contribution in [-0.4, -0.2) is 47.0 Å². The van der Waals surface area contributed by atoms with Gasteiger partial charge in [-0.25, -0.2) is 4.79 Å². The van der Waals surface area contributed by atoms with Crippen molar-refractivity contribution in [3.05, 3.63) is 34.9 Å². The summed E-state index contributed by atoms with van der Waals surface area (Å²) >= 11 is 0. The Bertz CT molecular complexity index is 954. The third kappa shape index (κ3) is 13.3. The van der Waals surface area contributed by atoms with Gasteiger partial charge in [0.25, 0.3) is 0 Å². The molecule has 0 heterocycles. The van der Waals surface area contributed by atoms with Crippen LogP contribution < -0.4 is 10.6 Å². The molecule has 0 saturated heterocycles. The minimum absolute atomic E-state index is 0.0162. The molecule has 0 bridgehead atoms. The van der Waals surface area contributed by atoms with Gasteiger partial charge in [-0.3, -0.25) is 9.59 Å². The highest BCUT2D eigenvalue weighted by Crippen LogP contribution is 2.29. The Balaban J connectivity index is 3.55. The lowest BCUT2D eigenvalue weighted by molar-refractivity contribution is -0.143. The van der Waals surface area contributed by atoms with Gasteiger partial charge in [0.1, 0.15) is 17.7 Å². The van der Waals surface area contributed by atoms with E-state index in [1.54, 1.807) is 25.7 Å². The number of carbonyl (C=O) groups is 3. The van der Waals surface area contributed by atoms with Crippen molar-refractivity contribution in [1.82, 2.24) is 15.5 Å². The van der Waals surface area contributed by atoms with Crippen molar-refractivity contribution in [3.8, 4) is 0 Å². The maximum absolute atomic E-state index is 14.4. The molecule has 1 aromatic rings. The number of benzene rings is 1. The van der Waals surface area contributed by atoms with Crippen LogP contribution in [0.5, 0.6) is 0 Å². The summed E-state index contributed by atoms with van der Waals surface area (Å²) in [7, 11) is 0. The minimum Gasteiger partial charge on any atom is -0.444 e. The molecule has 0 aromatic heterocycles. The van der Waals surface area contributed by atoms with E-state index in [0.29, 0.717) is 13.0 Å². The number of aryl methyl sites for hydroxylation is 1. The Morgan fingerprint density at radius 3 is 2.12 bits per heavy atom. The molecule has 3 amide bonds. The summed E-state index contributed by atoms with van der Waals surface area (Å²) in [5.41, 5.74) is 2.20. The van der Waals surface area contributed by atoms with Crippen molar-refractivity contribution in [3.63, 3.8) is 0 Å². The fourth-order valence-electron chi connectivity index (χ4n) is 5.12. The van der Waals surface area contributed by atoms with Crippen molar-refractivity contribution in [2.75, 3.05) is 6.54 Å². The van der Waals surface area contributed by atoms with Gasteiger partial charge in [0.15, 0.2) is 0 Å². The molecule has 3 atom stereocenters. The Kier molecular flexibility index (Phi) is 16.1. The van der Waals surface area contributed by atoms with Gasteiger partial charge >= 0.3 is 6.09 Å². The van der Waals surface area contributed by atoms with Gasteiger partial charge in [-0.2, -0.15) is 0 Å². The van der Waals surface area contributed by atoms with E-state index in [1.165, 1.54) is 12.8 Å². The van der Waals surface area contributed by atoms with E-state index in [-0.39, 0.29) is 23.8 Å². The van der Waals surface area contributed by atoms with Crippen molar-refractivity contribution in [2.45, 2.75) is 151 Å². The number of hydrogen-bond acceptors (Lipinski definition) is 4. The molecule has 3 unspecified atom stereocenters. The van der Waals surface area contributed by atoms with E-state index in [1.807, 2.05) is 52.8 Å². The number of alkyl carbamates (subject to hydrolysis) is 1. The number of ether oxygens (including phenoxy) is 1. The summed E-state index contributed by atoms with van der Waals surface area (Å²) in [5.74, 6) is -0.283. The first-order valence-electron chi connectivity index (χ1n) is 15.9. The van der Waals surface area contributed by atoms with Crippen molar-refractivity contribution in [2.24, 2.45) is 5.92 Å². The summed E-state index contributed by atoms with van der Waals surface area (Å²) in [6.45, 7) is 20.2. The fraction of sp³-hybridized carbons (Fsp3) is 0.735. The second kappa shape index (κ2) is 18.1. The molecule has 0 fully saturated rings. The molecule has 0 radical (unpaired) electrons. The van der Waals surface area contributed by atoms with E-state index < -0.39 is 23.8 Å². The van der Waals surface area contributed by atoms with Gasteiger partial charge < -0.3 is 20.3 Å². The molecular formula is C34H59N3O4. The van der Waals surface area contributed by atoms with Gasteiger partial charge in [-0.1, -0.05) is 84.4 Å². The standard InChI is InChI=1S/C34H59N3O4/c1-11-13-14-15-16-17-22-37(32(39)29(23-24(3)4)36-33(40)41-34(8,9)10)30(31(38)35-26(6)19-12-2)28-21-18-20-25(5)27(28)7/h18,20-21,24,26,29-30H,11-17,19,22-23H2,1-10H3,(H,35,38)(H,36,40). The first kappa shape index (κ1) is 36.5.